The third-order valence-corrected chi connectivity index (χ3v) is 6.21. The molecule has 0 N–H and O–H groups in total. The number of hydrogen-bond acceptors (Lipinski definition) is 5. The van der Waals surface area contributed by atoms with Crippen LogP contribution in [0.25, 0.3) is 6.08 Å². The van der Waals surface area contributed by atoms with Crippen molar-refractivity contribution < 1.29 is 19.0 Å². The second-order valence-electron chi connectivity index (χ2n) is 8.46. The minimum Gasteiger partial charge on any atom is -0.496 e. The summed E-state index contributed by atoms with van der Waals surface area (Å²) in [4.78, 5) is 15.4. The van der Waals surface area contributed by atoms with Gasteiger partial charge >= 0.3 is 0 Å². The minimum atomic E-state index is -0.108. The fourth-order valence-corrected chi connectivity index (χ4v) is 4.52. The summed E-state index contributed by atoms with van der Waals surface area (Å²) in [5.74, 6) is 2.32. The average molecular weight is 442 g/mol. The SMILES string of the molecule is COc1ccccc1/C=C1\Oc2c(cc3c(c2C)OCN(CCCc2ccccc2)C3)C1=O. The maximum atomic E-state index is 13.2. The third-order valence-electron chi connectivity index (χ3n) is 6.21. The van der Waals surface area contributed by atoms with Crippen molar-refractivity contribution in [2.45, 2.75) is 26.3 Å². The molecule has 5 nitrogen and oxygen atoms in total. The highest BCUT2D eigenvalue weighted by molar-refractivity contribution is 6.15. The molecule has 0 radical (unpaired) electrons. The Kier molecular flexibility index (Phi) is 5.88. The van der Waals surface area contributed by atoms with E-state index in [0.717, 1.165) is 48.4 Å². The van der Waals surface area contributed by atoms with Gasteiger partial charge in [0.15, 0.2) is 5.76 Å². The number of allylic oxidation sites excluding steroid dienone is 1. The van der Waals surface area contributed by atoms with Crippen LogP contribution in [-0.2, 0) is 13.0 Å². The highest BCUT2D eigenvalue weighted by Crippen LogP contribution is 2.43. The fraction of sp³-hybridized carbons (Fsp3) is 0.250. The maximum Gasteiger partial charge on any atom is 0.231 e. The lowest BCUT2D eigenvalue weighted by atomic mass is 9.99. The molecule has 33 heavy (non-hydrogen) atoms. The molecule has 0 aliphatic carbocycles. The van der Waals surface area contributed by atoms with E-state index in [1.807, 2.05) is 43.3 Å². The number of aryl methyl sites for hydroxylation is 1. The lowest BCUT2D eigenvalue weighted by Gasteiger charge is -2.30. The van der Waals surface area contributed by atoms with E-state index in [-0.39, 0.29) is 5.78 Å². The van der Waals surface area contributed by atoms with Crippen LogP contribution in [0.4, 0.5) is 0 Å². The highest BCUT2D eigenvalue weighted by Gasteiger charge is 2.33. The zero-order valence-electron chi connectivity index (χ0n) is 19.0. The Morgan fingerprint density at radius 3 is 2.67 bits per heavy atom. The number of carbonyl (C=O) groups excluding carboxylic acids is 1. The number of benzene rings is 3. The van der Waals surface area contributed by atoms with Gasteiger partial charge in [0.05, 0.1) is 12.7 Å². The number of ketones is 1. The molecule has 2 aliphatic rings. The van der Waals surface area contributed by atoms with E-state index in [2.05, 4.69) is 29.2 Å². The zero-order valence-corrected chi connectivity index (χ0v) is 19.0. The number of para-hydroxylation sites is 1. The van der Waals surface area contributed by atoms with Gasteiger partial charge in [-0.25, -0.2) is 0 Å². The number of ether oxygens (including phenoxy) is 3. The maximum absolute atomic E-state index is 13.2. The van der Waals surface area contributed by atoms with Crippen LogP contribution in [0.3, 0.4) is 0 Å². The van der Waals surface area contributed by atoms with Gasteiger partial charge in [0, 0.05) is 29.8 Å². The van der Waals surface area contributed by atoms with Crippen molar-refractivity contribution in [3.05, 3.63) is 94.2 Å². The highest BCUT2D eigenvalue weighted by atomic mass is 16.5. The van der Waals surface area contributed by atoms with E-state index < -0.39 is 0 Å². The number of methoxy groups -OCH3 is 1. The van der Waals surface area contributed by atoms with Crippen molar-refractivity contribution in [2.75, 3.05) is 20.4 Å². The molecule has 0 bridgehead atoms. The van der Waals surface area contributed by atoms with Gasteiger partial charge in [-0.3, -0.25) is 9.69 Å². The second kappa shape index (κ2) is 9.12. The smallest absolute Gasteiger partial charge is 0.231 e. The molecule has 2 heterocycles. The van der Waals surface area contributed by atoms with E-state index in [1.54, 1.807) is 13.2 Å². The van der Waals surface area contributed by atoms with Crippen molar-refractivity contribution in [2.24, 2.45) is 0 Å². The molecule has 0 amide bonds. The predicted octanol–water partition coefficient (Wildman–Crippen LogP) is 5.40. The van der Waals surface area contributed by atoms with Crippen LogP contribution in [0.15, 0.2) is 66.4 Å². The van der Waals surface area contributed by atoms with Crippen LogP contribution < -0.4 is 14.2 Å². The number of carbonyl (C=O) groups is 1. The average Bonchev–Trinajstić information content (AvgIpc) is 3.15. The third kappa shape index (κ3) is 4.24. The van der Waals surface area contributed by atoms with Crippen LogP contribution in [0.5, 0.6) is 17.2 Å². The second-order valence-corrected chi connectivity index (χ2v) is 8.46. The predicted molar refractivity (Wildman–Crippen MR) is 128 cm³/mol. The van der Waals surface area contributed by atoms with E-state index in [4.69, 9.17) is 14.2 Å². The first-order valence-corrected chi connectivity index (χ1v) is 11.3. The Balaban J connectivity index is 1.33. The van der Waals surface area contributed by atoms with Crippen LogP contribution >= 0.6 is 0 Å². The van der Waals surface area contributed by atoms with Gasteiger partial charge in [-0.05, 0) is 43.5 Å². The van der Waals surface area contributed by atoms with E-state index >= 15 is 0 Å². The Morgan fingerprint density at radius 1 is 1.06 bits per heavy atom. The van der Waals surface area contributed by atoms with Gasteiger partial charge in [-0.1, -0.05) is 48.5 Å². The Labute approximate surface area is 194 Å². The van der Waals surface area contributed by atoms with Crippen LogP contribution in [-0.4, -0.2) is 31.1 Å². The standard InChI is InChI=1S/C28H27NO4/c1-19-27-22(17-29(18-32-27)14-8-11-20-9-4-3-5-10-20)15-23-26(30)25(33-28(19)23)16-21-12-6-7-13-24(21)31-2/h3-7,9-10,12-13,15-16H,8,11,14,17-18H2,1-2H3/b25-16-. The molecule has 0 saturated carbocycles. The topological polar surface area (TPSA) is 48.0 Å². The molecular formula is C28H27NO4. The van der Waals surface area contributed by atoms with Crippen molar-refractivity contribution in [1.82, 2.24) is 4.90 Å². The lowest BCUT2D eigenvalue weighted by Crippen LogP contribution is -2.33. The van der Waals surface area contributed by atoms with Gasteiger partial charge < -0.3 is 14.2 Å². The molecule has 0 spiro atoms. The fourth-order valence-electron chi connectivity index (χ4n) is 4.52. The normalized spacial score (nSPS) is 16.2. The number of Topliss-reactive ketones (excluding diaryl/α,β-unsaturated/α-hetero) is 1. The summed E-state index contributed by atoms with van der Waals surface area (Å²) in [7, 11) is 1.62. The summed E-state index contributed by atoms with van der Waals surface area (Å²) in [6.07, 6.45) is 3.84. The number of hydrogen-bond donors (Lipinski definition) is 0. The quantitative estimate of drug-likeness (QED) is 0.479. The number of nitrogens with zero attached hydrogens (tertiary/aromatic N) is 1. The van der Waals surface area contributed by atoms with Crippen molar-refractivity contribution >= 4 is 11.9 Å². The molecule has 0 saturated heterocycles. The van der Waals surface area contributed by atoms with Crippen LogP contribution in [0.2, 0.25) is 0 Å². The first-order valence-electron chi connectivity index (χ1n) is 11.3. The molecule has 0 atom stereocenters. The van der Waals surface area contributed by atoms with Crippen molar-refractivity contribution in [3.63, 3.8) is 0 Å². The first-order chi connectivity index (χ1) is 16.1. The molecule has 5 rings (SSSR count). The minimum absolute atomic E-state index is 0.108. The first kappa shape index (κ1) is 21.3. The molecule has 0 fully saturated rings. The molecule has 0 unspecified atom stereocenters. The molecule has 5 heteroatoms. The summed E-state index contributed by atoms with van der Waals surface area (Å²) in [6.45, 7) is 4.20. The molecule has 3 aromatic carbocycles. The Morgan fingerprint density at radius 2 is 1.85 bits per heavy atom. The molecule has 168 valence electrons. The molecule has 0 aromatic heterocycles. The Bertz CT molecular complexity index is 1220. The van der Waals surface area contributed by atoms with Gasteiger partial charge in [0.1, 0.15) is 24.0 Å². The molecular weight excluding hydrogens is 414 g/mol. The van der Waals surface area contributed by atoms with Gasteiger partial charge in [-0.2, -0.15) is 0 Å². The molecule has 2 aliphatic heterocycles. The summed E-state index contributed by atoms with van der Waals surface area (Å²) in [5, 5.41) is 0. The largest absolute Gasteiger partial charge is 0.496 e. The Hall–Kier alpha value is -3.57. The summed E-state index contributed by atoms with van der Waals surface area (Å²) in [5.41, 5.74) is 4.67. The summed E-state index contributed by atoms with van der Waals surface area (Å²) < 4.78 is 17.5. The number of fused-ring (bicyclic) bond motifs is 2. The molecule has 3 aromatic rings. The van der Waals surface area contributed by atoms with Crippen LogP contribution in [0.1, 0.15) is 39.0 Å². The van der Waals surface area contributed by atoms with E-state index in [1.165, 1.54) is 5.56 Å². The van der Waals surface area contributed by atoms with Crippen molar-refractivity contribution in [1.29, 1.82) is 0 Å². The van der Waals surface area contributed by atoms with Gasteiger partial charge in [-0.15, -0.1) is 0 Å². The zero-order chi connectivity index (χ0) is 22.8. The van der Waals surface area contributed by atoms with Gasteiger partial charge in [0.2, 0.25) is 5.78 Å². The van der Waals surface area contributed by atoms with Crippen LogP contribution in [0, 0.1) is 6.92 Å². The summed E-state index contributed by atoms with van der Waals surface area (Å²) >= 11 is 0. The van der Waals surface area contributed by atoms with Crippen molar-refractivity contribution in [3.8, 4) is 17.2 Å². The summed E-state index contributed by atoms with van der Waals surface area (Å²) in [6, 6.07) is 20.0. The number of rotatable bonds is 6. The van der Waals surface area contributed by atoms with Gasteiger partial charge in [0.25, 0.3) is 0 Å². The monoisotopic (exact) mass is 441 g/mol. The lowest BCUT2D eigenvalue weighted by molar-refractivity contribution is 0.0932. The van der Waals surface area contributed by atoms with E-state index in [9.17, 15) is 4.79 Å². The van der Waals surface area contributed by atoms with E-state index in [0.29, 0.717) is 29.6 Å².